The van der Waals surface area contributed by atoms with Crippen molar-refractivity contribution >= 4 is 12.2 Å². The molecule has 5 nitrogen and oxygen atoms in total. The Kier molecular flexibility index (Phi) is 4.50. The van der Waals surface area contributed by atoms with Crippen LogP contribution in [-0.4, -0.2) is 24.4 Å². The highest BCUT2D eigenvalue weighted by Crippen LogP contribution is 2.21. The van der Waals surface area contributed by atoms with Gasteiger partial charge in [0.15, 0.2) is 0 Å². The summed E-state index contributed by atoms with van der Waals surface area (Å²) >= 11 is 0. The summed E-state index contributed by atoms with van der Waals surface area (Å²) in [5, 5.41) is 13.1. The summed E-state index contributed by atoms with van der Waals surface area (Å²) in [6.07, 6.45) is 1.18. The molecule has 0 fully saturated rings. The number of benzene rings is 2. The van der Waals surface area contributed by atoms with E-state index >= 15 is 0 Å². The SMILES string of the molecule is COc1ccc(O)c(/C=N/OC(=O)c2ccc(F)cc2)c1. The number of aromatic hydroxyl groups is 1. The van der Waals surface area contributed by atoms with E-state index in [1.807, 2.05) is 0 Å². The third-order valence-corrected chi connectivity index (χ3v) is 2.64. The van der Waals surface area contributed by atoms with Gasteiger partial charge in [0.05, 0.1) is 18.9 Å². The molecule has 1 N–H and O–H groups in total. The molecule has 0 radical (unpaired) electrons. The average Bonchev–Trinajstić information content (AvgIpc) is 2.49. The fourth-order valence-electron chi connectivity index (χ4n) is 1.53. The van der Waals surface area contributed by atoms with E-state index in [4.69, 9.17) is 4.74 Å². The van der Waals surface area contributed by atoms with Crippen molar-refractivity contribution in [1.82, 2.24) is 0 Å². The summed E-state index contributed by atoms with van der Waals surface area (Å²) in [6.45, 7) is 0. The van der Waals surface area contributed by atoms with Crippen LogP contribution in [0.2, 0.25) is 0 Å². The van der Waals surface area contributed by atoms with E-state index in [0.29, 0.717) is 11.3 Å². The van der Waals surface area contributed by atoms with Gasteiger partial charge in [-0.1, -0.05) is 5.16 Å². The van der Waals surface area contributed by atoms with Gasteiger partial charge in [0.2, 0.25) is 0 Å². The third kappa shape index (κ3) is 3.79. The first-order valence-electron chi connectivity index (χ1n) is 5.97. The molecule has 0 spiro atoms. The monoisotopic (exact) mass is 289 g/mol. The molecule has 21 heavy (non-hydrogen) atoms. The first kappa shape index (κ1) is 14.5. The van der Waals surface area contributed by atoms with Crippen LogP contribution >= 0.6 is 0 Å². The van der Waals surface area contributed by atoms with E-state index in [9.17, 15) is 14.3 Å². The Bertz CT molecular complexity index is 668. The van der Waals surface area contributed by atoms with Crippen molar-refractivity contribution in [1.29, 1.82) is 0 Å². The molecule has 0 unspecified atom stereocenters. The van der Waals surface area contributed by atoms with Gasteiger partial charge >= 0.3 is 5.97 Å². The molecule has 2 rings (SSSR count). The van der Waals surface area contributed by atoms with Gasteiger partial charge < -0.3 is 14.7 Å². The van der Waals surface area contributed by atoms with Gasteiger partial charge in [-0.2, -0.15) is 0 Å². The summed E-state index contributed by atoms with van der Waals surface area (Å²) in [5.74, 6) is -0.679. The topological polar surface area (TPSA) is 68.1 Å². The molecule has 2 aromatic carbocycles. The molecule has 0 saturated carbocycles. The number of ether oxygens (including phenoxy) is 1. The predicted molar refractivity (Wildman–Crippen MR) is 74.1 cm³/mol. The van der Waals surface area contributed by atoms with Crippen LogP contribution in [0.25, 0.3) is 0 Å². The van der Waals surface area contributed by atoms with Gasteiger partial charge in [-0.15, -0.1) is 0 Å². The molecular weight excluding hydrogens is 277 g/mol. The molecule has 0 atom stereocenters. The van der Waals surface area contributed by atoms with Crippen LogP contribution in [0.5, 0.6) is 11.5 Å². The molecule has 0 amide bonds. The van der Waals surface area contributed by atoms with Crippen molar-refractivity contribution in [3.8, 4) is 11.5 Å². The fourth-order valence-corrected chi connectivity index (χ4v) is 1.53. The minimum Gasteiger partial charge on any atom is -0.507 e. The lowest BCUT2D eigenvalue weighted by molar-refractivity contribution is 0.0519. The highest BCUT2D eigenvalue weighted by atomic mass is 19.1. The lowest BCUT2D eigenvalue weighted by Gasteiger charge is -2.02. The quantitative estimate of drug-likeness (QED) is 0.534. The molecule has 0 aliphatic carbocycles. The number of methoxy groups -OCH3 is 1. The third-order valence-electron chi connectivity index (χ3n) is 2.64. The Morgan fingerprint density at radius 2 is 1.95 bits per heavy atom. The van der Waals surface area contributed by atoms with Crippen LogP contribution in [-0.2, 0) is 4.84 Å². The lowest BCUT2D eigenvalue weighted by Crippen LogP contribution is -2.01. The smallest absolute Gasteiger partial charge is 0.365 e. The van der Waals surface area contributed by atoms with E-state index in [1.165, 1.54) is 37.6 Å². The Morgan fingerprint density at radius 3 is 2.62 bits per heavy atom. The van der Waals surface area contributed by atoms with Crippen molar-refractivity contribution in [3.63, 3.8) is 0 Å². The number of hydrogen-bond donors (Lipinski definition) is 1. The summed E-state index contributed by atoms with van der Waals surface area (Å²) in [6, 6.07) is 9.42. The van der Waals surface area contributed by atoms with Gasteiger partial charge in [0.1, 0.15) is 17.3 Å². The number of carbonyl (C=O) groups is 1. The minimum atomic E-state index is -0.728. The second kappa shape index (κ2) is 6.51. The number of carbonyl (C=O) groups excluding carboxylic acids is 1. The fraction of sp³-hybridized carbons (Fsp3) is 0.0667. The molecular formula is C15H12FNO4. The number of phenols is 1. The zero-order valence-electron chi connectivity index (χ0n) is 11.1. The first-order valence-corrected chi connectivity index (χ1v) is 5.97. The van der Waals surface area contributed by atoms with Crippen LogP contribution < -0.4 is 4.74 Å². The van der Waals surface area contributed by atoms with E-state index in [2.05, 4.69) is 9.99 Å². The van der Waals surface area contributed by atoms with E-state index < -0.39 is 11.8 Å². The Labute approximate surface area is 120 Å². The first-order chi connectivity index (χ1) is 10.1. The van der Waals surface area contributed by atoms with Gasteiger partial charge in [-0.3, -0.25) is 0 Å². The molecule has 0 heterocycles. The maximum atomic E-state index is 12.7. The zero-order valence-corrected chi connectivity index (χ0v) is 11.1. The Hall–Kier alpha value is -2.89. The number of nitrogens with zero attached hydrogens (tertiary/aromatic N) is 1. The lowest BCUT2D eigenvalue weighted by atomic mass is 10.2. The standard InChI is InChI=1S/C15H12FNO4/c1-20-13-6-7-14(18)11(8-13)9-17-21-15(19)10-2-4-12(16)5-3-10/h2-9,18H,1H3/b17-9+. The normalized spacial score (nSPS) is 10.6. The number of halogens is 1. The van der Waals surface area contributed by atoms with Gasteiger partial charge in [-0.05, 0) is 42.5 Å². The molecule has 0 saturated heterocycles. The predicted octanol–water partition coefficient (Wildman–Crippen LogP) is 2.73. The van der Waals surface area contributed by atoms with Crippen molar-refractivity contribution in [2.24, 2.45) is 5.16 Å². The van der Waals surface area contributed by atoms with Crippen LogP contribution in [0.4, 0.5) is 4.39 Å². The molecule has 0 aromatic heterocycles. The Balaban J connectivity index is 2.05. The van der Waals surface area contributed by atoms with Gasteiger partial charge in [0.25, 0.3) is 0 Å². The molecule has 2 aromatic rings. The summed E-state index contributed by atoms with van der Waals surface area (Å²) in [5.41, 5.74) is 0.504. The molecule has 108 valence electrons. The summed E-state index contributed by atoms with van der Waals surface area (Å²) < 4.78 is 17.7. The highest BCUT2D eigenvalue weighted by Gasteiger charge is 2.07. The largest absolute Gasteiger partial charge is 0.507 e. The number of phenolic OH excluding ortho intramolecular Hbond substituents is 1. The summed E-state index contributed by atoms with van der Waals surface area (Å²) in [7, 11) is 1.49. The van der Waals surface area contributed by atoms with Crippen LogP contribution in [0, 0.1) is 5.82 Å². The Morgan fingerprint density at radius 1 is 1.24 bits per heavy atom. The molecule has 0 bridgehead atoms. The van der Waals surface area contributed by atoms with Crippen LogP contribution in [0.3, 0.4) is 0 Å². The summed E-state index contributed by atoms with van der Waals surface area (Å²) in [4.78, 5) is 16.3. The van der Waals surface area contributed by atoms with E-state index in [1.54, 1.807) is 6.07 Å². The van der Waals surface area contributed by atoms with Gasteiger partial charge in [0, 0.05) is 5.56 Å². The minimum absolute atomic E-state index is 0.0302. The van der Waals surface area contributed by atoms with Crippen LogP contribution in [0.1, 0.15) is 15.9 Å². The number of rotatable bonds is 4. The average molecular weight is 289 g/mol. The zero-order chi connectivity index (χ0) is 15.2. The number of hydrogen-bond acceptors (Lipinski definition) is 5. The van der Waals surface area contributed by atoms with Crippen molar-refractivity contribution in [3.05, 3.63) is 59.4 Å². The van der Waals surface area contributed by atoms with Crippen molar-refractivity contribution in [2.45, 2.75) is 0 Å². The molecule has 6 heteroatoms. The van der Waals surface area contributed by atoms with Crippen molar-refractivity contribution in [2.75, 3.05) is 7.11 Å². The second-order valence-electron chi connectivity index (χ2n) is 4.04. The maximum absolute atomic E-state index is 12.7. The highest BCUT2D eigenvalue weighted by molar-refractivity contribution is 5.90. The van der Waals surface area contributed by atoms with Crippen LogP contribution in [0.15, 0.2) is 47.6 Å². The second-order valence-corrected chi connectivity index (χ2v) is 4.04. The number of oxime groups is 1. The molecule has 0 aliphatic rings. The molecule has 0 aliphatic heterocycles. The van der Waals surface area contributed by atoms with E-state index in [0.717, 1.165) is 12.1 Å². The maximum Gasteiger partial charge on any atom is 0.365 e. The van der Waals surface area contributed by atoms with Crippen molar-refractivity contribution < 1.29 is 23.9 Å². The van der Waals surface area contributed by atoms with E-state index in [-0.39, 0.29) is 11.3 Å². The van der Waals surface area contributed by atoms with Gasteiger partial charge in [-0.25, -0.2) is 9.18 Å².